The number of aromatic nitrogens is 1. The van der Waals surface area contributed by atoms with Gasteiger partial charge in [-0.05, 0) is 25.1 Å². The lowest BCUT2D eigenvalue weighted by molar-refractivity contribution is 0.272. The van der Waals surface area contributed by atoms with Gasteiger partial charge in [0.15, 0.2) is 0 Å². The lowest BCUT2D eigenvalue weighted by atomic mass is 10.3. The van der Waals surface area contributed by atoms with E-state index in [1.807, 2.05) is 6.92 Å². The smallest absolute Gasteiger partial charge is 0.263 e. The van der Waals surface area contributed by atoms with E-state index in [1.54, 1.807) is 35.9 Å². The summed E-state index contributed by atoms with van der Waals surface area (Å²) in [7, 11) is -2.05. The summed E-state index contributed by atoms with van der Waals surface area (Å²) in [4.78, 5) is 0.0975. The zero-order valence-corrected chi connectivity index (χ0v) is 12.7. The third kappa shape index (κ3) is 3.37. The summed E-state index contributed by atoms with van der Waals surface area (Å²) in [6.45, 7) is 2.05. The number of ether oxygens (including phenoxy) is 1. The van der Waals surface area contributed by atoms with Gasteiger partial charge in [-0.2, -0.15) is 0 Å². The Balaban J connectivity index is 2.33. The molecule has 0 saturated carbocycles. The van der Waals surface area contributed by atoms with Crippen LogP contribution >= 0.6 is 0 Å². The number of aryl methyl sites for hydroxylation is 1. The minimum Gasteiger partial charge on any atom is -0.492 e. The number of aliphatic hydroxyl groups excluding tert-OH is 1. The molecule has 6 nitrogen and oxygen atoms in total. The molecule has 0 spiro atoms. The summed E-state index contributed by atoms with van der Waals surface area (Å²) in [6, 6.07) is 8.27. The minimum atomic E-state index is -3.73. The molecule has 0 fully saturated rings. The summed E-state index contributed by atoms with van der Waals surface area (Å²) < 4.78 is 34.2. The van der Waals surface area contributed by atoms with Crippen molar-refractivity contribution < 1.29 is 18.3 Å². The van der Waals surface area contributed by atoms with Crippen LogP contribution in [0.25, 0.3) is 0 Å². The summed E-state index contributed by atoms with van der Waals surface area (Å²) in [6.07, 6.45) is 1.46. The number of nitrogens with zero attached hydrogens (tertiary/aromatic N) is 1. The van der Waals surface area contributed by atoms with Crippen LogP contribution in [0.15, 0.2) is 41.4 Å². The predicted octanol–water partition coefficient (Wildman–Crippen LogP) is 1.72. The fraction of sp³-hybridized carbons (Fsp3) is 0.286. The highest BCUT2D eigenvalue weighted by molar-refractivity contribution is 7.92. The predicted molar refractivity (Wildman–Crippen MR) is 79.8 cm³/mol. The Kier molecular flexibility index (Phi) is 4.54. The van der Waals surface area contributed by atoms with Crippen molar-refractivity contribution in [2.45, 2.75) is 18.4 Å². The summed E-state index contributed by atoms with van der Waals surface area (Å²) >= 11 is 0. The summed E-state index contributed by atoms with van der Waals surface area (Å²) in [5, 5.41) is 9.15. The molecule has 0 radical (unpaired) electrons. The maximum absolute atomic E-state index is 12.4. The Morgan fingerprint density at radius 1 is 1.33 bits per heavy atom. The van der Waals surface area contributed by atoms with Crippen LogP contribution in [0.3, 0.4) is 0 Å². The normalized spacial score (nSPS) is 11.4. The maximum atomic E-state index is 12.4. The van der Waals surface area contributed by atoms with E-state index in [1.165, 1.54) is 12.3 Å². The first-order valence-corrected chi connectivity index (χ1v) is 7.97. The Labute approximate surface area is 124 Å². The average molecular weight is 310 g/mol. The van der Waals surface area contributed by atoms with Gasteiger partial charge >= 0.3 is 0 Å². The van der Waals surface area contributed by atoms with Crippen LogP contribution in [0.4, 0.5) is 5.69 Å². The molecule has 114 valence electrons. The van der Waals surface area contributed by atoms with E-state index in [0.29, 0.717) is 23.7 Å². The second-order valence-electron chi connectivity index (χ2n) is 4.47. The largest absolute Gasteiger partial charge is 0.492 e. The van der Waals surface area contributed by atoms with E-state index in [-0.39, 0.29) is 11.5 Å². The highest BCUT2D eigenvalue weighted by Crippen LogP contribution is 2.27. The number of anilines is 1. The lowest BCUT2D eigenvalue weighted by Crippen LogP contribution is -2.13. The molecule has 21 heavy (non-hydrogen) atoms. The molecule has 2 rings (SSSR count). The molecule has 1 aromatic carbocycles. The molecule has 2 N–H and O–H groups in total. The summed E-state index contributed by atoms with van der Waals surface area (Å²) in [5.74, 6) is 0.474. The molecule has 0 bridgehead atoms. The molecule has 7 heteroatoms. The number of aliphatic hydroxyl groups is 1. The second-order valence-corrected chi connectivity index (χ2v) is 6.15. The monoisotopic (exact) mass is 310 g/mol. The van der Waals surface area contributed by atoms with Crippen LogP contribution in [0.5, 0.6) is 5.75 Å². The molecule has 1 heterocycles. The number of nitrogens with one attached hydrogen (secondary N) is 1. The Morgan fingerprint density at radius 2 is 2.05 bits per heavy atom. The number of sulfonamides is 1. The van der Waals surface area contributed by atoms with Gasteiger partial charge in [0.1, 0.15) is 10.6 Å². The van der Waals surface area contributed by atoms with E-state index in [9.17, 15) is 8.42 Å². The Hall–Kier alpha value is -1.99. The first-order chi connectivity index (χ1) is 9.97. The fourth-order valence-electron chi connectivity index (χ4n) is 1.92. The number of para-hydroxylation sites is 2. The second kappa shape index (κ2) is 6.19. The molecule has 0 atom stereocenters. The van der Waals surface area contributed by atoms with Crippen molar-refractivity contribution >= 4 is 15.7 Å². The molecule has 0 amide bonds. The van der Waals surface area contributed by atoms with Gasteiger partial charge < -0.3 is 14.4 Å². The first-order valence-electron chi connectivity index (χ1n) is 6.48. The van der Waals surface area contributed by atoms with Crippen molar-refractivity contribution in [1.29, 1.82) is 0 Å². The van der Waals surface area contributed by atoms with Gasteiger partial charge in [-0.1, -0.05) is 12.1 Å². The van der Waals surface area contributed by atoms with Crippen molar-refractivity contribution in [2.75, 3.05) is 11.3 Å². The van der Waals surface area contributed by atoms with Crippen LogP contribution in [-0.4, -0.2) is 24.7 Å². The van der Waals surface area contributed by atoms with Gasteiger partial charge in [0.2, 0.25) is 0 Å². The first kappa shape index (κ1) is 15.4. The van der Waals surface area contributed by atoms with E-state index in [4.69, 9.17) is 9.84 Å². The van der Waals surface area contributed by atoms with E-state index in [0.717, 1.165) is 0 Å². The lowest BCUT2D eigenvalue weighted by Gasteiger charge is -2.11. The minimum absolute atomic E-state index is 0.0975. The topological polar surface area (TPSA) is 80.6 Å². The van der Waals surface area contributed by atoms with Gasteiger partial charge in [0.05, 0.1) is 18.9 Å². The molecule has 0 unspecified atom stereocenters. The molecule has 2 aromatic rings. The quantitative estimate of drug-likeness (QED) is 0.851. The van der Waals surface area contributed by atoms with Crippen LogP contribution in [0.1, 0.15) is 12.6 Å². The van der Waals surface area contributed by atoms with Crippen LogP contribution in [-0.2, 0) is 23.7 Å². The third-order valence-electron chi connectivity index (χ3n) is 2.99. The van der Waals surface area contributed by atoms with E-state index in [2.05, 4.69) is 4.72 Å². The van der Waals surface area contributed by atoms with Gasteiger partial charge in [-0.25, -0.2) is 8.42 Å². The molecule has 0 aliphatic carbocycles. The van der Waals surface area contributed by atoms with Crippen LogP contribution in [0.2, 0.25) is 0 Å². The number of hydrogen-bond donors (Lipinski definition) is 2. The van der Waals surface area contributed by atoms with Gasteiger partial charge in [0, 0.05) is 18.9 Å². The van der Waals surface area contributed by atoms with Crippen molar-refractivity contribution in [3.05, 3.63) is 42.2 Å². The van der Waals surface area contributed by atoms with Crippen molar-refractivity contribution in [3.8, 4) is 5.75 Å². The van der Waals surface area contributed by atoms with Gasteiger partial charge in [-0.15, -0.1) is 0 Å². The highest BCUT2D eigenvalue weighted by atomic mass is 32.2. The Morgan fingerprint density at radius 3 is 2.67 bits per heavy atom. The maximum Gasteiger partial charge on any atom is 0.263 e. The van der Waals surface area contributed by atoms with Crippen LogP contribution < -0.4 is 9.46 Å². The number of hydrogen-bond acceptors (Lipinski definition) is 4. The molecule has 1 aromatic heterocycles. The SMILES string of the molecule is CCOc1ccccc1NS(=O)(=O)c1cc(CO)n(C)c1. The van der Waals surface area contributed by atoms with Gasteiger partial charge in [-0.3, -0.25) is 4.72 Å². The summed E-state index contributed by atoms with van der Waals surface area (Å²) in [5.41, 5.74) is 0.905. The standard InChI is InChI=1S/C14H18N2O4S/c1-3-20-14-7-5-4-6-13(14)15-21(18,19)12-8-11(10-17)16(2)9-12/h4-9,15,17H,3,10H2,1-2H3. The molecule has 0 aliphatic rings. The van der Waals surface area contributed by atoms with E-state index >= 15 is 0 Å². The van der Waals surface area contributed by atoms with E-state index < -0.39 is 10.0 Å². The zero-order chi connectivity index (χ0) is 15.5. The average Bonchev–Trinajstić information content (AvgIpc) is 2.83. The van der Waals surface area contributed by atoms with Crippen molar-refractivity contribution in [3.63, 3.8) is 0 Å². The molecular weight excluding hydrogens is 292 g/mol. The third-order valence-corrected chi connectivity index (χ3v) is 4.32. The van der Waals surface area contributed by atoms with Crippen molar-refractivity contribution in [1.82, 2.24) is 4.57 Å². The number of benzene rings is 1. The Bertz CT molecular complexity index is 722. The zero-order valence-electron chi connectivity index (χ0n) is 11.9. The van der Waals surface area contributed by atoms with Gasteiger partial charge in [0.25, 0.3) is 10.0 Å². The molecule has 0 saturated heterocycles. The van der Waals surface area contributed by atoms with Crippen molar-refractivity contribution in [2.24, 2.45) is 7.05 Å². The number of rotatable bonds is 6. The highest BCUT2D eigenvalue weighted by Gasteiger charge is 2.19. The fourth-order valence-corrected chi connectivity index (χ4v) is 3.08. The molecular formula is C14H18N2O4S. The molecule has 0 aliphatic heterocycles. The van der Waals surface area contributed by atoms with Crippen LogP contribution in [0, 0.1) is 0 Å².